The van der Waals surface area contributed by atoms with E-state index in [4.69, 9.17) is 4.74 Å². The van der Waals surface area contributed by atoms with E-state index in [-0.39, 0.29) is 11.1 Å². The van der Waals surface area contributed by atoms with Crippen LogP contribution in [-0.4, -0.2) is 34.6 Å². The number of nitrogens with one attached hydrogen (secondary N) is 2. The summed E-state index contributed by atoms with van der Waals surface area (Å²) in [5.41, 5.74) is 1.55. The van der Waals surface area contributed by atoms with Crippen molar-refractivity contribution in [3.8, 4) is 0 Å². The van der Waals surface area contributed by atoms with Gasteiger partial charge >= 0.3 is 0 Å². The Morgan fingerprint density at radius 2 is 2.30 bits per heavy atom. The van der Waals surface area contributed by atoms with E-state index in [2.05, 4.69) is 15.3 Å². The molecule has 0 spiro atoms. The van der Waals surface area contributed by atoms with Gasteiger partial charge in [0.1, 0.15) is 5.69 Å². The van der Waals surface area contributed by atoms with Crippen LogP contribution in [0.5, 0.6) is 0 Å². The number of rotatable bonds is 5. The number of hydrogen-bond donors (Lipinski definition) is 2. The third-order valence-electron chi connectivity index (χ3n) is 3.77. The predicted molar refractivity (Wildman–Crippen MR) is 85.6 cm³/mol. The summed E-state index contributed by atoms with van der Waals surface area (Å²) < 4.78 is 5.25. The van der Waals surface area contributed by atoms with Gasteiger partial charge in [0.15, 0.2) is 0 Å². The van der Waals surface area contributed by atoms with E-state index >= 15 is 0 Å². The van der Waals surface area contributed by atoms with Crippen LogP contribution in [0.15, 0.2) is 34.9 Å². The SMILES string of the molecule is O=c1[nH]cnc2cc(NCCC3=CCOCC3)c([N+](=O)[O-])cc12. The largest absolute Gasteiger partial charge is 0.379 e. The first-order valence-electron chi connectivity index (χ1n) is 7.30. The number of nitro groups is 1. The Hall–Kier alpha value is -2.74. The second-order valence-corrected chi connectivity index (χ2v) is 5.24. The number of benzene rings is 1. The number of aromatic amines is 1. The predicted octanol–water partition coefficient (Wildman–Crippen LogP) is 1.98. The van der Waals surface area contributed by atoms with E-state index < -0.39 is 10.5 Å². The maximum atomic E-state index is 11.7. The molecule has 2 N–H and O–H groups in total. The Balaban J connectivity index is 1.83. The Labute approximate surface area is 131 Å². The van der Waals surface area contributed by atoms with E-state index in [9.17, 15) is 14.9 Å². The lowest BCUT2D eigenvalue weighted by atomic mass is 10.1. The van der Waals surface area contributed by atoms with E-state index in [1.54, 1.807) is 6.07 Å². The summed E-state index contributed by atoms with van der Waals surface area (Å²) in [6.45, 7) is 1.91. The van der Waals surface area contributed by atoms with Crippen molar-refractivity contribution >= 4 is 22.3 Å². The van der Waals surface area contributed by atoms with Gasteiger partial charge in [-0.25, -0.2) is 4.98 Å². The van der Waals surface area contributed by atoms with Crippen LogP contribution in [0.2, 0.25) is 0 Å². The van der Waals surface area contributed by atoms with Gasteiger partial charge in [-0.1, -0.05) is 11.6 Å². The first kappa shape index (κ1) is 15.2. The van der Waals surface area contributed by atoms with E-state index in [1.807, 2.05) is 6.08 Å². The van der Waals surface area contributed by atoms with Crippen LogP contribution in [-0.2, 0) is 4.74 Å². The highest BCUT2D eigenvalue weighted by Crippen LogP contribution is 2.28. The van der Waals surface area contributed by atoms with Crippen LogP contribution in [0.3, 0.4) is 0 Å². The van der Waals surface area contributed by atoms with Crippen molar-refractivity contribution in [3.05, 3.63) is 50.6 Å². The fraction of sp³-hybridized carbons (Fsp3) is 0.333. The number of H-pyrrole nitrogens is 1. The number of anilines is 1. The topological polar surface area (TPSA) is 110 Å². The molecule has 2 heterocycles. The molecular weight excluding hydrogens is 300 g/mol. The van der Waals surface area contributed by atoms with E-state index in [1.165, 1.54) is 18.0 Å². The lowest BCUT2D eigenvalue weighted by Crippen LogP contribution is -2.11. The van der Waals surface area contributed by atoms with Crippen LogP contribution in [0, 0.1) is 10.1 Å². The molecule has 1 aliphatic rings. The van der Waals surface area contributed by atoms with Gasteiger partial charge in [-0.15, -0.1) is 0 Å². The smallest absolute Gasteiger partial charge is 0.293 e. The van der Waals surface area contributed by atoms with Crippen LogP contribution in [0.4, 0.5) is 11.4 Å². The van der Waals surface area contributed by atoms with Gasteiger partial charge in [-0.3, -0.25) is 14.9 Å². The number of fused-ring (bicyclic) bond motifs is 1. The minimum atomic E-state index is -0.498. The van der Waals surface area contributed by atoms with Gasteiger partial charge in [0.2, 0.25) is 0 Å². The monoisotopic (exact) mass is 316 g/mol. The highest BCUT2D eigenvalue weighted by atomic mass is 16.6. The summed E-state index contributed by atoms with van der Waals surface area (Å²) >= 11 is 0. The fourth-order valence-corrected chi connectivity index (χ4v) is 2.55. The zero-order valence-electron chi connectivity index (χ0n) is 12.4. The van der Waals surface area contributed by atoms with E-state index in [0.717, 1.165) is 12.8 Å². The zero-order chi connectivity index (χ0) is 16.2. The van der Waals surface area contributed by atoms with Crippen LogP contribution >= 0.6 is 0 Å². The van der Waals surface area contributed by atoms with Crippen molar-refractivity contribution in [2.24, 2.45) is 0 Å². The highest BCUT2D eigenvalue weighted by molar-refractivity contribution is 5.86. The molecule has 3 rings (SSSR count). The maximum absolute atomic E-state index is 11.7. The first-order valence-corrected chi connectivity index (χ1v) is 7.30. The molecule has 0 unspecified atom stereocenters. The third kappa shape index (κ3) is 3.37. The zero-order valence-corrected chi connectivity index (χ0v) is 12.4. The standard InChI is InChI=1S/C15H16N4O4/c20-15-11-7-14(19(21)22)13(8-12(11)17-9-18-15)16-4-1-10-2-5-23-6-3-10/h2,7-9,16H,1,3-6H2,(H,17,18,20). The van der Waals surface area contributed by atoms with Crippen LogP contribution in [0.1, 0.15) is 12.8 Å². The van der Waals surface area contributed by atoms with E-state index in [0.29, 0.717) is 31.0 Å². The fourth-order valence-electron chi connectivity index (χ4n) is 2.55. The molecule has 0 saturated heterocycles. The Bertz CT molecular complexity index is 828. The molecule has 8 nitrogen and oxygen atoms in total. The Kier molecular flexibility index (Phi) is 4.33. The summed E-state index contributed by atoms with van der Waals surface area (Å²) in [6.07, 6.45) is 5.01. The van der Waals surface area contributed by atoms with Gasteiger partial charge in [-0.2, -0.15) is 0 Å². The molecule has 120 valence electrons. The number of aromatic nitrogens is 2. The minimum Gasteiger partial charge on any atom is -0.379 e. The molecule has 23 heavy (non-hydrogen) atoms. The van der Waals surface area contributed by atoms with Crippen molar-refractivity contribution in [3.63, 3.8) is 0 Å². The second kappa shape index (κ2) is 6.57. The summed E-state index contributed by atoms with van der Waals surface area (Å²) in [5, 5.41) is 14.5. The average molecular weight is 316 g/mol. The van der Waals surface area contributed by atoms with Gasteiger partial charge in [-0.05, 0) is 18.9 Å². The highest BCUT2D eigenvalue weighted by Gasteiger charge is 2.17. The van der Waals surface area contributed by atoms with Crippen LogP contribution in [0.25, 0.3) is 10.9 Å². The molecule has 0 amide bonds. The van der Waals surface area contributed by atoms with Crippen molar-refractivity contribution < 1.29 is 9.66 Å². The Morgan fingerprint density at radius 3 is 3.04 bits per heavy atom. The second-order valence-electron chi connectivity index (χ2n) is 5.24. The number of nitrogens with zero attached hydrogens (tertiary/aromatic N) is 2. The number of ether oxygens (including phenoxy) is 1. The van der Waals surface area contributed by atoms with Crippen molar-refractivity contribution in [1.29, 1.82) is 0 Å². The van der Waals surface area contributed by atoms with Gasteiger partial charge in [0.25, 0.3) is 11.2 Å². The Morgan fingerprint density at radius 1 is 1.43 bits per heavy atom. The third-order valence-corrected chi connectivity index (χ3v) is 3.77. The summed E-state index contributed by atoms with van der Waals surface area (Å²) in [4.78, 5) is 28.9. The number of nitro benzene ring substituents is 1. The molecule has 1 aromatic heterocycles. The molecule has 0 atom stereocenters. The van der Waals surface area contributed by atoms with Crippen LogP contribution < -0.4 is 10.9 Å². The molecule has 0 fully saturated rings. The van der Waals surface area contributed by atoms with Crippen molar-refractivity contribution in [1.82, 2.24) is 9.97 Å². The molecule has 0 radical (unpaired) electrons. The molecule has 0 aliphatic carbocycles. The molecular formula is C15H16N4O4. The summed E-state index contributed by atoms with van der Waals surface area (Å²) in [7, 11) is 0. The molecule has 1 aliphatic heterocycles. The summed E-state index contributed by atoms with van der Waals surface area (Å²) in [5.74, 6) is 0. The quantitative estimate of drug-likeness (QED) is 0.496. The van der Waals surface area contributed by atoms with Gasteiger partial charge in [0, 0.05) is 12.6 Å². The minimum absolute atomic E-state index is 0.128. The lowest BCUT2D eigenvalue weighted by Gasteiger charge is -2.14. The normalized spacial score (nSPS) is 14.5. The molecule has 8 heteroatoms. The number of hydrogen-bond acceptors (Lipinski definition) is 6. The summed E-state index contributed by atoms with van der Waals surface area (Å²) in [6, 6.07) is 2.80. The molecule has 1 aromatic carbocycles. The van der Waals surface area contributed by atoms with Gasteiger partial charge < -0.3 is 15.0 Å². The van der Waals surface area contributed by atoms with Crippen molar-refractivity contribution in [2.45, 2.75) is 12.8 Å². The molecule has 0 bridgehead atoms. The van der Waals surface area contributed by atoms with Crippen molar-refractivity contribution in [2.75, 3.05) is 25.1 Å². The lowest BCUT2D eigenvalue weighted by molar-refractivity contribution is -0.383. The molecule has 2 aromatic rings. The maximum Gasteiger partial charge on any atom is 0.293 e. The average Bonchev–Trinajstić information content (AvgIpc) is 2.55. The molecule has 0 saturated carbocycles. The first-order chi connectivity index (χ1) is 11.1. The van der Waals surface area contributed by atoms with Gasteiger partial charge in [0.05, 0.1) is 35.4 Å².